The van der Waals surface area contributed by atoms with E-state index in [1.807, 2.05) is 54.6 Å². The topological polar surface area (TPSA) is 133 Å². The van der Waals surface area contributed by atoms with Crippen LogP contribution in [0.1, 0.15) is 28.8 Å². The maximum atomic E-state index is 11.8. The Morgan fingerprint density at radius 3 is 2.41 bits per heavy atom. The van der Waals surface area contributed by atoms with E-state index in [-0.39, 0.29) is 11.8 Å². The summed E-state index contributed by atoms with van der Waals surface area (Å²) in [5.74, 6) is -0.420. The molecule has 1 aromatic heterocycles. The summed E-state index contributed by atoms with van der Waals surface area (Å²) in [5.41, 5.74) is 11.2. The highest BCUT2D eigenvalue weighted by atomic mass is 16.5. The number of hydrogen-bond donors (Lipinski definition) is 5. The van der Waals surface area contributed by atoms with Crippen molar-refractivity contribution < 1.29 is 14.8 Å². The SMILES string of the molecule is NC(=O)c1cnc(Nc2ccc(N3CCC(C(=O)NO)CC3)cc2)cc1NCc1ccccc1. The molecule has 2 aromatic carbocycles. The molecule has 0 bridgehead atoms. The average molecular weight is 461 g/mol. The smallest absolute Gasteiger partial charge is 0.252 e. The van der Waals surface area contributed by atoms with Crippen LogP contribution in [0, 0.1) is 5.92 Å². The van der Waals surface area contributed by atoms with Gasteiger partial charge < -0.3 is 21.3 Å². The molecular formula is C25H28N6O3. The number of carbonyl (C=O) groups excluding carboxylic acids is 2. The van der Waals surface area contributed by atoms with Crippen molar-refractivity contribution in [3.05, 3.63) is 78.0 Å². The van der Waals surface area contributed by atoms with Crippen LogP contribution in [-0.4, -0.2) is 35.1 Å². The molecule has 9 heteroatoms. The van der Waals surface area contributed by atoms with Crippen LogP contribution in [0.2, 0.25) is 0 Å². The van der Waals surface area contributed by atoms with Crippen LogP contribution in [0.15, 0.2) is 66.9 Å². The van der Waals surface area contributed by atoms with E-state index in [1.54, 1.807) is 11.5 Å². The van der Waals surface area contributed by atoms with E-state index in [0.717, 1.165) is 30.0 Å². The van der Waals surface area contributed by atoms with E-state index in [1.165, 1.54) is 6.20 Å². The number of pyridine rings is 1. The van der Waals surface area contributed by atoms with Gasteiger partial charge in [-0.15, -0.1) is 0 Å². The molecule has 1 aliphatic heterocycles. The summed E-state index contributed by atoms with van der Waals surface area (Å²) in [5, 5.41) is 15.4. The largest absolute Gasteiger partial charge is 0.380 e. The fraction of sp³-hybridized carbons (Fsp3) is 0.240. The molecule has 1 saturated heterocycles. The molecule has 176 valence electrons. The fourth-order valence-corrected chi connectivity index (χ4v) is 4.05. The van der Waals surface area contributed by atoms with E-state index < -0.39 is 5.91 Å². The molecule has 6 N–H and O–H groups in total. The maximum Gasteiger partial charge on any atom is 0.252 e. The molecular weight excluding hydrogens is 432 g/mol. The van der Waals surface area contributed by atoms with Crippen LogP contribution in [-0.2, 0) is 11.3 Å². The van der Waals surface area contributed by atoms with Gasteiger partial charge in [0, 0.05) is 49.2 Å². The van der Waals surface area contributed by atoms with Gasteiger partial charge in [-0.1, -0.05) is 30.3 Å². The van der Waals surface area contributed by atoms with E-state index in [4.69, 9.17) is 10.9 Å². The van der Waals surface area contributed by atoms with Gasteiger partial charge in [0.1, 0.15) is 5.82 Å². The Morgan fingerprint density at radius 1 is 1.06 bits per heavy atom. The molecule has 1 aliphatic rings. The highest BCUT2D eigenvalue weighted by molar-refractivity contribution is 5.98. The summed E-state index contributed by atoms with van der Waals surface area (Å²) in [6.07, 6.45) is 2.86. The van der Waals surface area contributed by atoms with Crippen LogP contribution < -0.4 is 26.7 Å². The van der Waals surface area contributed by atoms with Crippen molar-refractivity contribution in [3.63, 3.8) is 0 Å². The first-order valence-corrected chi connectivity index (χ1v) is 11.2. The number of amides is 2. The Balaban J connectivity index is 1.41. The number of hydrogen-bond acceptors (Lipinski definition) is 7. The highest BCUT2D eigenvalue weighted by Crippen LogP contribution is 2.27. The molecule has 1 fully saturated rings. The highest BCUT2D eigenvalue weighted by Gasteiger charge is 2.24. The molecule has 9 nitrogen and oxygen atoms in total. The lowest BCUT2D eigenvalue weighted by atomic mass is 9.96. The number of nitrogens with zero attached hydrogens (tertiary/aromatic N) is 2. The Labute approximate surface area is 197 Å². The van der Waals surface area contributed by atoms with Crippen LogP contribution in [0.4, 0.5) is 22.9 Å². The molecule has 0 unspecified atom stereocenters. The van der Waals surface area contributed by atoms with Gasteiger partial charge in [0.05, 0.1) is 11.3 Å². The summed E-state index contributed by atoms with van der Waals surface area (Å²) >= 11 is 0. The van der Waals surface area contributed by atoms with Crippen molar-refractivity contribution in [2.75, 3.05) is 28.6 Å². The first kappa shape index (κ1) is 23.1. The van der Waals surface area contributed by atoms with E-state index >= 15 is 0 Å². The lowest BCUT2D eigenvalue weighted by Crippen LogP contribution is -2.39. The number of primary amides is 1. The summed E-state index contributed by atoms with van der Waals surface area (Å²) in [6.45, 7) is 2.05. The van der Waals surface area contributed by atoms with Gasteiger partial charge in [0.15, 0.2) is 0 Å². The third-order valence-electron chi connectivity index (χ3n) is 5.98. The number of nitrogens with one attached hydrogen (secondary N) is 3. The predicted octanol–water partition coefficient (Wildman–Crippen LogP) is 3.26. The second-order valence-electron chi connectivity index (χ2n) is 8.23. The Kier molecular flexibility index (Phi) is 7.24. The van der Waals surface area contributed by atoms with E-state index in [9.17, 15) is 9.59 Å². The van der Waals surface area contributed by atoms with Crippen LogP contribution in [0.3, 0.4) is 0 Å². The lowest BCUT2D eigenvalue weighted by molar-refractivity contribution is -0.134. The van der Waals surface area contributed by atoms with Crippen molar-refractivity contribution in [2.45, 2.75) is 19.4 Å². The number of hydroxylamine groups is 1. The van der Waals surface area contributed by atoms with Gasteiger partial charge in [0.25, 0.3) is 5.91 Å². The maximum absolute atomic E-state index is 11.8. The second-order valence-corrected chi connectivity index (χ2v) is 8.23. The van der Waals surface area contributed by atoms with Gasteiger partial charge in [-0.25, -0.2) is 10.5 Å². The number of piperidine rings is 1. The molecule has 34 heavy (non-hydrogen) atoms. The van der Waals surface area contributed by atoms with Crippen LogP contribution >= 0.6 is 0 Å². The Hall–Kier alpha value is -4.11. The van der Waals surface area contributed by atoms with Gasteiger partial charge in [-0.05, 0) is 42.7 Å². The molecule has 2 amide bonds. The van der Waals surface area contributed by atoms with E-state index in [2.05, 4.69) is 20.5 Å². The number of carbonyl (C=O) groups is 2. The summed E-state index contributed by atoms with van der Waals surface area (Å²) in [6, 6.07) is 19.6. The third-order valence-corrected chi connectivity index (χ3v) is 5.98. The third kappa shape index (κ3) is 5.62. The number of anilines is 4. The fourth-order valence-electron chi connectivity index (χ4n) is 4.05. The molecule has 2 heterocycles. The van der Waals surface area contributed by atoms with Crippen LogP contribution in [0.5, 0.6) is 0 Å². The van der Waals surface area contributed by atoms with Gasteiger partial charge in [0.2, 0.25) is 5.91 Å². The zero-order valence-electron chi connectivity index (χ0n) is 18.7. The normalized spacial score (nSPS) is 13.9. The van der Waals surface area contributed by atoms with Crippen molar-refractivity contribution in [3.8, 4) is 0 Å². The number of rotatable bonds is 8. The standard InChI is InChI=1S/C25H28N6O3/c26-24(32)21-16-28-23(14-22(21)27-15-17-4-2-1-3-5-17)29-19-6-8-20(9-7-19)31-12-10-18(11-13-31)25(33)30-34/h1-9,14,16,18,34H,10-13,15H2,(H2,26,32)(H,30,33)(H2,27,28,29). The van der Waals surface area contributed by atoms with E-state index in [0.29, 0.717) is 36.5 Å². The van der Waals surface area contributed by atoms with Gasteiger partial charge >= 0.3 is 0 Å². The molecule has 0 saturated carbocycles. The van der Waals surface area contributed by atoms with Crippen molar-refractivity contribution in [1.82, 2.24) is 10.5 Å². The first-order chi connectivity index (χ1) is 16.5. The van der Waals surface area contributed by atoms with Gasteiger partial charge in [-0.3, -0.25) is 14.8 Å². The zero-order valence-corrected chi connectivity index (χ0v) is 18.7. The van der Waals surface area contributed by atoms with Crippen molar-refractivity contribution in [1.29, 1.82) is 0 Å². The number of aromatic nitrogens is 1. The number of benzene rings is 2. The Bertz CT molecular complexity index is 1130. The molecule has 0 radical (unpaired) electrons. The molecule has 0 atom stereocenters. The average Bonchev–Trinajstić information content (AvgIpc) is 2.88. The minimum Gasteiger partial charge on any atom is -0.380 e. The minimum absolute atomic E-state index is 0.152. The summed E-state index contributed by atoms with van der Waals surface area (Å²) in [4.78, 5) is 30.0. The molecule has 0 aliphatic carbocycles. The quantitative estimate of drug-likeness (QED) is 0.257. The number of nitrogens with two attached hydrogens (primary N) is 1. The lowest BCUT2D eigenvalue weighted by Gasteiger charge is -2.32. The molecule has 0 spiro atoms. The van der Waals surface area contributed by atoms with Crippen molar-refractivity contribution >= 4 is 34.7 Å². The van der Waals surface area contributed by atoms with Gasteiger partial charge in [-0.2, -0.15) is 0 Å². The van der Waals surface area contributed by atoms with Crippen LogP contribution in [0.25, 0.3) is 0 Å². The summed E-state index contributed by atoms with van der Waals surface area (Å²) < 4.78 is 0. The zero-order chi connectivity index (χ0) is 23.9. The summed E-state index contributed by atoms with van der Waals surface area (Å²) in [7, 11) is 0. The Morgan fingerprint density at radius 2 is 1.76 bits per heavy atom. The minimum atomic E-state index is -0.542. The second kappa shape index (κ2) is 10.7. The monoisotopic (exact) mass is 460 g/mol. The predicted molar refractivity (Wildman–Crippen MR) is 131 cm³/mol. The molecule has 3 aromatic rings. The van der Waals surface area contributed by atoms with Crippen molar-refractivity contribution in [2.24, 2.45) is 11.7 Å². The molecule has 4 rings (SSSR count). The first-order valence-electron chi connectivity index (χ1n) is 11.2.